The molecule has 0 aliphatic heterocycles. The molecule has 0 spiro atoms. The lowest BCUT2D eigenvalue weighted by molar-refractivity contribution is 0.102. The van der Waals surface area contributed by atoms with Crippen LogP contribution in [0.5, 0.6) is 0 Å². The molecule has 2 aromatic carbocycles. The third-order valence-electron chi connectivity index (χ3n) is 4.03. The van der Waals surface area contributed by atoms with Crippen molar-refractivity contribution in [2.24, 2.45) is 0 Å². The van der Waals surface area contributed by atoms with Crippen LogP contribution in [-0.4, -0.2) is 15.9 Å². The lowest BCUT2D eigenvalue weighted by Crippen LogP contribution is -2.16. The molecule has 1 aromatic heterocycles. The predicted molar refractivity (Wildman–Crippen MR) is 104 cm³/mol. The van der Waals surface area contributed by atoms with Crippen molar-refractivity contribution in [3.05, 3.63) is 83.3 Å². The van der Waals surface area contributed by atoms with Crippen LogP contribution in [0.15, 0.2) is 60.7 Å². The van der Waals surface area contributed by atoms with E-state index in [-0.39, 0.29) is 5.91 Å². The third kappa shape index (κ3) is 4.45. The summed E-state index contributed by atoms with van der Waals surface area (Å²) in [5.41, 5.74) is 3.40. The number of rotatable bonds is 6. The molecular weight excluding hydrogens is 324 g/mol. The number of hydrogen-bond acceptors (Lipinski definition) is 4. The van der Waals surface area contributed by atoms with Crippen LogP contribution in [0.4, 0.5) is 11.5 Å². The van der Waals surface area contributed by atoms with E-state index in [0.717, 1.165) is 23.2 Å². The molecule has 0 radical (unpaired) electrons. The highest BCUT2D eigenvalue weighted by Crippen LogP contribution is 2.17. The molecular formula is C21H22N4O. The number of anilines is 2. The number of hydrogen-bond donors (Lipinski definition) is 2. The maximum Gasteiger partial charge on any atom is 0.274 e. The second-order valence-electron chi connectivity index (χ2n) is 5.99. The van der Waals surface area contributed by atoms with Crippen LogP contribution in [0.3, 0.4) is 0 Å². The van der Waals surface area contributed by atoms with Gasteiger partial charge in [0.1, 0.15) is 17.3 Å². The first-order chi connectivity index (χ1) is 12.7. The molecule has 0 saturated carbocycles. The van der Waals surface area contributed by atoms with Crippen LogP contribution in [0.25, 0.3) is 0 Å². The Morgan fingerprint density at radius 3 is 2.50 bits per heavy atom. The molecule has 0 atom stereocenters. The number of amides is 1. The highest BCUT2D eigenvalue weighted by molar-refractivity contribution is 6.03. The monoisotopic (exact) mass is 346 g/mol. The van der Waals surface area contributed by atoms with Crippen LogP contribution < -0.4 is 10.6 Å². The summed E-state index contributed by atoms with van der Waals surface area (Å²) in [6.45, 7) is 4.48. The van der Waals surface area contributed by atoms with Crippen LogP contribution in [0.1, 0.15) is 34.4 Å². The average Bonchev–Trinajstić information content (AvgIpc) is 2.67. The van der Waals surface area contributed by atoms with Gasteiger partial charge >= 0.3 is 0 Å². The van der Waals surface area contributed by atoms with E-state index in [1.54, 1.807) is 13.0 Å². The lowest BCUT2D eigenvalue weighted by atomic mass is 10.1. The number of carbonyl (C=O) groups excluding carboxylic acids is 1. The highest BCUT2D eigenvalue weighted by Gasteiger charge is 2.12. The summed E-state index contributed by atoms with van der Waals surface area (Å²) in [5.74, 6) is 0.950. The smallest absolute Gasteiger partial charge is 0.274 e. The van der Waals surface area contributed by atoms with Gasteiger partial charge < -0.3 is 10.6 Å². The van der Waals surface area contributed by atoms with Crippen molar-refractivity contribution in [1.82, 2.24) is 9.97 Å². The summed E-state index contributed by atoms with van der Waals surface area (Å²) in [6, 6.07) is 19.5. The quantitative estimate of drug-likeness (QED) is 0.701. The molecule has 5 heteroatoms. The Balaban J connectivity index is 1.75. The fourth-order valence-electron chi connectivity index (χ4n) is 2.70. The van der Waals surface area contributed by atoms with Crippen molar-refractivity contribution in [3.8, 4) is 0 Å². The summed E-state index contributed by atoms with van der Waals surface area (Å²) in [7, 11) is 0. The maximum absolute atomic E-state index is 12.6. The zero-order valence-corrected chi connectivity index (χ0v) is 15.0. The SMILES string of the molecule is CCc1ccccc1NC(=O)c1cc(NCc2ccccc2)nc(C)n1. The van der Waals surface area contributed by atoms with E-state index >= 15 is 0 Å². The zero-order valence-electron chi connectivity index (χ0n) is 15.0. The van der Waals surface area contributed by atoms with E-state index in [1.807, 2.05) is 54.6 Å². The topological polar surface area (TPSA) is 66.9 Å². The largest absolute Gasteiger partial charge is 0.366 e. The Hall–Kier alpha value is -3.21. The molecule has 5 nitrogen and oxygen atoms in total. The number of aryl methyl sites for hydroxylation is 2. The van der Waals surface area contributed by atoms with Gasteiger partial charge in [-0.05, 0) is 30.5 Å². The fourth-order valence-corrected chi connectivity index (χ4v) is 2.70. The normalized spacial score (nSPS) is 10.4. The van der Waals surface area contributed by atoms with E-state index in [1.165, 1.54) is 0 Å². The number of carbonyl (C=O) groups is 1. The van der Waals surface area contributed by atoms with Gasteiger partial charge in [0, 0.05) is 18.3 Å². The van der Waals surface area contributed by atoms with E-state index < -0.39 is 0 Å². The van der Waals surface area contributed by atoms with Gasteiger partial charge in [0.15, 0.2) is 0 Å². The Bertz CT molecular complexity index is 894. The Kier molecular flexibility index (Phi) is 5.59. The molecule has 26 heavy (non-hydrogen) atoms. The zero-order chi connectivity index (χ0) is 18.4. The molecule has 0 bridgehead atoms. The van der Waals surface area contributed by atoms with Crippen LogP contribution in [0, 0.1) is 6.92 Å². The van der Waals surface area contributed by atoms with Gasteiger partial charge in [0.25, 0.3) is 5.91 Å². The summed E-state index contributed by atoms with van der Waals surface area (Å²) in [6.07, 6.45) is 0.850. The fraction of sp³-hybridized carbons (Fsp3) is 0.190. The first-order valence-corrected chi connectivity index (χ1v) is 8.68. The molecule has 3 rings (SSSR count). The Morgan fingerprint density at radius 2 is 1.73 bits per heavy atom. The molecule has 2 N–H and O–H groups in total. The molecule has 0 fully saturated rings. The highest BCUT2D eigenvalue weighted by atomic mass is 16.1. The van der Waals surface area contributed by atoms with Crippen LogP contribution >= 0.6 is 0 Å². The van der Waals surface area contributed by atoms with Crippen molar-refractivity contribution in [3.63, 3.8) is 0 Å². The molecule has 1 amide bonds. The molecule has 0 aliphatic carbocycles. The van der Waals surface area contributed by atoms with E-state index in [0.29, 0.717) is 23.9 Å². The summed E-state index contributed by atoms with van der Waals surface area (Å²) in [5, 5.41) is 6.20. The minimum absolute atomic E-state index is 0.237. The Labute approximate surface area is 153 Å². The van der Waals surface area contributed by atoms with Gasteiger partial charge in [0.05, 0.1) is 0 Å². The molecule has 0 aliphatic rings. The van der Waals surface area contributed by atoms with Gasteiger partial charge in [-0.2, -0.15) is 0 Å². The Morgan fingerprint density at radius 1 is 1.00 bits per heavy atom. The first kappa shape index (κ1) is 17.6. The van der Waals surface area contributed by atoms with Gasteiger partial charge in [-0.3, -0.25) is 4.79 Å². The summed E-state index contributed by atoms with van der Waals surface area (Å²) in [4.78, 5) is 21.3. The number of nitrogens with one attached hydrogen (secondary N) is 2. The maximum atomic E-state index is 12.6. The molecule has 132 valence electrons. The van der Waals surface area contributed by atoms with Crippen molar-refractivity contribution in [2.45, 2.75) is 26.8 Å². The molecule has 0 saturated heterocycles. The van der Waals surface area contributed by atoms with Crippen molar-refractivity contribution >= 4 is 17.4 Å². The van der Waals surface area contributed by atoms with Gasteiger partial charge in [-0.15, -0.1) is 0 Å². The van der Waals surface area contributed by atoms with E-state index in [2.05, 4.69) is 27.5 Å². The average molecular weight is 346 g/mol. The van der Waals surface area contributed by atoms with Gasteiger partial charge in [0.2, 0.25) is 0 Å². The number of para-hydroxylation sites is 1. The molecule has 0 unspecified atom stereocenters. The summed E-state index contributed by atoms with van der Waals surface area (Å²) < 4.78 is 0. The standard InChI is InChI=1S/C21H22N4O/c1-3-17-11-7-8-12-18(17)25-21(26)19-13-20(24-15(2)23-19)22-14-16-9-5-4-6-10-16/h4-13H,3,14H2,1-2H3,(H,25,26)(H,22,23,24). The predicted octanol–water partition coefficient (Wildman–Crippen LogP) is 4.21. The minimum atomic E-state index is -0.237. The van der Waals surface area contributed by atoms with Crippen molar-refractivity contribution in [2.75, 3.05) is 10.6 Å². The van der Waals surface area contributed by atoms with Crippen molar-refractivity contribution < 1.29 is 4.79 Å². The first-order valence-electron chi connectivity index (χ1n) is 8.68. The second kappa shape index (κ2) is 8.25. The molecule has 1 heterocycles. The molecule has 3 aromatic rings. The van der Waals surface area contributed by atoms with E-state index in [4.69, 9.17) is 0 Å². The van der Waals surface area contributed by atoms with Crippen molar-refractivity contribution in [1.29, 1.82) is 0 Å². The third-order valence-corrected chi connectivity index (χ3v) is 4.03. The minimum Gasteiger partial charge on any atom is -0.366 e. The van der Waals surface area contributed by atoms with Crippen LogP contribution in [-0.2, 0) is 13.0 Å². The van der Waals surface area contributed by atoms with Crippen LogP contribution in [0.2, 0.25) is 0 Å². The van der Waals surface area contributed by atoms with Gasteiger partial charge in [-0.1, -0.05) is 55.5 Å². The number of aromatic nitrogens is 2. The number of benzene rings is 2. The number of nitrogens with zero attached hydrogens (tertiary/aromatic N) is 2. The summed E-state index contributed by atoms with van der Waals surface area (Å²) >= 11 is 0. The van der Waals surface area contributed by atoms with Gasteiger partial charge in [-0.25, -0.2) is 9.97 Å². The second-order valence-corrected chi connectivity index (χ2v) is 5.99. The lowest BCUT2D eigenvalue weighted by Gasteiger charge is -2.11. The van der Waals surface area contributed by atoms with E-state index in [9.17, 15) is 4.79 Å².